The Morgan fingerprint density at radius 3 is 2.75 bits per heavy atom. The molecule has 0 bridgehead atoms. The average Bonchev–Trinajstić information content (AvgIpc) is 2.53. The lowest BCUT2D eigenvalue weighted by molar-refractivity contribution is -0.137. The van der Waals surface area contributed by atoms with Crippen LogP contribution >= 0.6 is 0 Å². The van der Waals surface area contributed by atoms with E-state index in [0.717, 1.165) is 31.4 Å². The van der Waals surface area contributed by atoms with Gasteiger partial charge < -0.3 is 10.4 Å². The molecule has 1 saturated carbocycles. The van der Waals surface area contributed by atoms with E-state index in [1.165, 1.54) is 6.07 Å². The number of amides is 1. The molecule has 1 amide bonds. The minimum absolute atomic E-state index is 0.233. The molecule has 2 N–H and O–H groups in total. The van der Waals surface area contributed by atoms with E-state index < -0.39 is 17.7 Å². The summed E-state index contributed by atoms with van der Waals surface area (Å²) in [4.78, 5) is 12.4. The second-order valence-corrected chi connectivity index (χ2v) is 6.52. The molecule has 0 heterocycles. The lowest BCUT2D eigenvalue weighted by Gasteiger charge is -2.26. The summed E-state index contributed by atoms with van der Waals surface area (Å²) >= 11 is 0. The van der Waals surface area contributed by atoms with Crippen molar-refractivity contribution in [2.24, 2.45) is 5.92 Å². The highest BCUT2D eigenvalue weighted by Gasteiger charge is 2.31. The minimum atomic E-state index is -4.41. The van der Waals surface area contributed by atoms with Crippen molar-refractivity contribution < 1.29 is 23.1 Å². The predicted octanol–water partition coefficient (Wildman–Crippen LogP) is 3.87. The van der Waals surface area contributed by atoms with Crippen molar-refractivity contribution in [1.29, 1.82) is 0 Å². The molecule has 3 atom stereocenters. The van der Waals surface area contributed by atoms with Crippen molar-refractivity contribution in [1.82, 2.24) is 5.32 Å². The van der Waals surface area contributed by atoms with Crippen molar-refractivity contribution in [3.63, 3.8) is 0 Å². The van der Waals surface area contributed by atoms with Gasteiger partial charge in [0.2, 0.25) is 5.91 Å². The molecule has 0 aliphatic heterocycles. The largest absolute Gasteiger partial charge is 0.416 e. The summed E-state index contributed by atoms with van der Waals surface area (Å²) in [5, 5.41) is 12.5. The van der Waals surface area contributed by atoms with Crippen molar-refractivity contribution in [2.45, 2.75) is 57.2 Å². The van der Waals surface area contributed by atoms with Gasteiger partial charge in [0.15, 0.2) is 0 Å². The van der Waals surface area contributed by atoms with Crippen molar-refractivity contribution >= 4 is 5.91 Å². The molecule has 0 aromatic heterocycles. The zero-order valence-electron chi connectivity index (χ0n) is 13.8. The van der Waals surface area contributed by atoms with Crippen molar-refractivity contribution in [3.8, 4) is 0 Å². The van der Waals surface area contributed by atoms with Gasteiger partial charge in [-0.1, -0.05) is 31.5 Å². The van der Waals surface area contributed by atoms with Gasteiger partial charge in [-0.25, -0.2) is 0 Å². The van der Waals surface area contributed by atoms with Crippen LogP contribution in [0.1, 0.15) is 56.1 Å². The third-order valence-electron chi connectivity index (χ3n) is 4.66. The van der Waals surface area contributed by atoms with Gasteiger partial charge in [-0.15, -0.1) is 0 Å². The van der Waals surface area contributed by atoms with Gasteiger partial charge >= 0.3 is 6.18 Å². The number of benzene rings is 1. The van der Waals surface area contributed by atoms with Crippen LogP contribution in [0.5, 0.6) is 0 Å². The van der Waals surface area contributed by atoms with Gasteiger partial charge in [-0.05, 0) is 43.2 Å². The first-order chi connectivity index (χ1) is 11.3. The molecule has 24 heavy (non-hydrogen) atoms. The van der Waals surface area contributed by atoms with E-state index in [9.17, 15) is 23.1 Å². The lowest BCUT2D eigenvalue weighted by Crippen LogP contribution is -2.35. The van der Waals surface area contributed by atoms with Crippen LogP contribution in [-0.4, -0.2) is 23.7 Å². The Morgan fingerprint density at radius 1 is 1.38 bits per heavy atom. The van der Waals surface area contributed by atoms with Crippen LogP contribution in [0.2, 0.25) is 0 Å². The molecule has 6 heteroatoms. The second-order valence-electron chi connectivity index (χ2n) is 6.52. The number of alkyl halides is 3. The zero-order chi connectivity index (χ0) is 17.7. The Bertz CT molecular complexity index is 559. The Balaban J connectivity index is 2.01. The number of aliphatic hydroxyl groups excluding tert-OH is 1. The Labute approximate surface area is 140 Å². The number of aliphatic hydroxyl groups is 1. The smallest absolute Gasteiger partial charge is 0.393 e. The molecule has 3 unspecified atom stereocenters. The summed E-state index contributed by atoms with van der Waals surface area (Å²) in [6, 6.07) is 4.97. The molecule has 0 radical (unpaired) electrons. The fraction of sp³-hybridized carbons (Fsp3) is 0.611. The molecule has 2 rings (SSSR count). The van der Waals surface area contributed by atoms with Gasteiger partial charge in [0.05, 0.1) is 17.6 Å². The van der Waals surface area contributed by atoms with Gasteiger partial charge in [0.1, 0.15) is 0 Å². The molecule has 134 valence electrons. The highest BCUT2D eigenvalue weighted by atomic mass is 19.4. The van der Waals surface area contributed by atoms with Crippen molar-refractivity contribution in [3.05, 3.63) is 35.4 Å². The molecule has 1 aliphatic carbocycles. The van der Waals surface area contributed by atoms with Gasteiger partial charge in [0, 0.05) is 6.54 Å². The number of nitrogens with one attached hydrogen (secondary N) is 1. The highest BCUT2D eigenvalue weighted by Crippen LogP contribution is 2.32. The van der Waals surface area contributed by atoms with E-state index in [1.54, 1.807) is 13.0 Å². The predicted molar refractivity (Wildman–Crippen MR) is 85.5 cm³/mol. The molecule has 1 aliphatic rings. The van der Waals surface area contributed by atoms with E-state index in [1.807, 2.05) is 0 Å². The van der Waals surface area contributed by atoms with Gasteiger partial charge in [0.25, 0.3) is 0 Å². The molecule has 1 aromatic carbocycles. The number of rotatable bonds is 5. The quantitative estimate of drug-likeness (QED) is 0.853. The van der Waals surface area contributed by atoms with Gasteiger partial charge in [-0.2, -0.15) is 13.2 Å². The summed E-state index contributed by atoms with van der Waals surface area (Å²) in [6.07, 6.45) is -0.938. The summed E-state index contributed by atoms with van der Waals surface area (Å²) in [5.41, 5.74) is -0.352. The normalized spacial score (nSPS) is 22.9. The molecule has 0 saturated heterocycles. The lowest BCUT2D eigenvalue weighted by atomic mass is 9.87. The van der Waals surface area contributed by atoms with Crippen LogP contribution in [0, 0.1) is 5.92 Å². The van der Waals surface area contributed by atoms with Crippen LogP contribution in [0.25, 0.3) is 0 Å². The fourth-order valence-electron chi connectivity index (χ4n) is 3.32. The van der Waals surface area contributed by atoms with E-state index >= 15 is 0 Å². The fourth-order valence-corrected chi connectivity index (χ4v) is 3.32. The van der Waals surface area contributed by atoms with E-state index in [0.29, 0.717) is 24.9 Å². The topological polar surface area (TPSA) is 49.3 Å². The number of halogens is 3. The molecular formula is C18H24F3NO2. The number of hydrogen-bond acceptors (Lipinski definition) is 2. The zero-order valence-corrected chi connectivity index (χ0v) is 13.8. The SMILES string of the molecule is CCC(C(=O)NCC1CCCC(O)C1)c1cccc(C(F)(F)F)c1. The molecule has 1 fully saturated rings. The Hall–Kier alpha value is -1.56. The van der Waals surface area contributed by atoms with E-state index in [4.69, 9.17) is 0 Å². The van der Waals surface area contributed by atoms with Crippen LogP contribution < -0.4 is 5.32 Å². The standard InChI is InChI=1S/C18H24F3NO2/c1-2-16(13-6-4-7-14(10-13)18(19,20)21)17(24)22-11-12-5-3-8-15(23)9-12/h4,6-7,10,12,15-16,23H,2-3,5,8-9,11H2,1H3,(H,22,24). The molecule has 3 nitrogen and oxygen atoms in total. The van der Waals surface area contributed by atoms with Crippen molar-refractivity contribution in [2.75, 3.05) is 6.54 Å². The highest BCUT2D eigenvalue weighted by molar-refractivity contribution is 5.83. The average molecular weight is 343 g/mol. The number of carbonyl (C=O) groups is 1. The van der Waals surface area contributed by atoms with E-state index in [-0.39, 0.29) is 17.9 Å². The first-order valence-corrected chi connectivity index (χ1v) is 8.44. The molecule has 0 spiro atoms. The second kappa shape index (κ2) is 8.01. The Morgan fingerprint density at radius 2 is 2.12 bits per heavy atom. The third-order valence-corrected chi connectivity index (χ3v) is 4.66. The first kappa shape index (κ1) is 18.8. The minimum Gasteiger partial charge on any atom is -0.393 e. The summed E-state index contributed by atoms with van der Waals surface area (Å²) in [7, 11) is 0. The first-order valence-electron chi connectivity index (χ1n) is 8.44. The monoisotopic (exact) mass is 343 g/mol. The number of hydrogen-bond donors (Lipinski definition) is 2. The number of carbonyl (C=O) groups excluding carboxylic acids is 1. The van der Waals surface area contributed by atoms with Crippen LogP contribution in [0.15, 0.2) is 24.3 Å². The molecule has 1 aromatic rings. The summed E-state index contributed by atoms with van der Waals surface area (Å²) in [6.45, 7) is 2.25. The summed E-state index contributed by atoms with van der Waals surface area (Å²) < 4.78 is 38.5. The maximum absolute atomic E-state index is 12.8. The molecular weight excluding hydrogens is 319 g/mol. The maximum atomic E-state index is 12.8. The summed E-state index contributed by atoms with van der Waals surface area (Å²) in [5.74, 6) is -0.616. The maximum Gasteiger partial charge on any atom is 0.416 e. The Kier molecular flexibility index (Phi) is 6.27. The third kappa shape index (κ3) is 4.97. The van der Waals surface area contributed by atoms with Crippen LogP contribution in [-0.2, 0) is 11.0 Å². The van der Waals surface area contributed by atoms with Crippen LogP contribution in [0.3, 0.4) is 0 Å². The van der Waals surface area contributed by atoms with E-state index in [2.05, 4.69) is 5.32 Å². The van der Waals surface area contributed by atoms with Crippen LogP contribution in [0.4, 0.5) is 13.2 Å². The van der Waals surface area contributed by atoms with Gasteiger partial charge in [-0.3, -0.25) is 4.79 Å².